The summed E-state index contributed by atoms with van der Waals surface area (Å²) in [5.41, 5.74) is 14.4. The molecule has 9 heavy (non-hydrogen) atoms. The highest BCUT2D eigenvalue weighted by atomic mass is 14.5. The monoisotopic (exact) mass is 135 g/mol. The van der Waals surface area contributed by atoms with Gasteiger partial charge < -0.3 is 17.2 Å². The van der Waals surface area contributed by atoms with Gasteiger partial charge in [0.25, 0.3) is 0 Å². The largest absolute Gasteiger partial charge is 0.333 e. The fraction of sp³-hybridized carbons (Fsp3) is 1.00. The average Bonchev–Trinajstić information content (AvgIpc) is 1.94. The zero-order valence-corrected chi connectivity index (χ0v) is 6.85. The zero-order chi connectivity index (χ0) is 8.12. The van der Waals surface area contributed by atoms with E-state index in [1.54, 1.807) is 0 Å². The van der Waals surface area contributed by atoms with Crippen LogP contribution in [0.1, 0.15) is 20.3 Å². The van der Waals surface area contributed by atoms with Crippen molar-refractivity contribution in [1.29, 1.82) is 0 Å². The average molecular weight is 135 g/mol. The Kier molecular flexibility index (Phi) is 79.7. The molecular formula is C6H21N3. The number of nitrogens with two attached hydrogens (primary N) is 3. The minimum atomic E-state index is 0.750. The first-order chi connectivity index (χ1) is 4.33. The Morgan fingerprint density at radius 2 is 1.11 bits per heavy atom. The van der Waals surface area contributed by atoms with Crippen LogP contribution in [-0.4, -0.2) is 20.1 Å². The molecule has 6 N–H and O–H groups in total. The molecule has 60 valence electrons. The van der Waals surface area contributed by atoms with E-state index in [0.29, 0.717) is 0 Å². The molecule has 3 heteroatoms. The SMILES string of the molecule is CCCN.CCN.CN. The molecule has 0 aliphatic rings. The van der Waals surface area contributed by atoms with Gasteiger partial charge in [-0.05, 0) is 26.6 Å². The third-order valence-electron chi connectivity index (χ3n) is 0.289. The van der Waals surface area contributed by atoms with E-state index in [9.17, 15) is 0 Å². The Morgan fingerprint density at radius 3 is 1.11 bits per heavy atom. The van der Waals surface area contributed by atoms with Gasteiger partial charge >= 0.3 is 0 Å². The normalized spacial score (nSPS) is 6.00. The van der Waals surface area contributed by atoms with Crippen LogP contribution in [0.25, 0.3) is 0 Å². The first-order valence-corrected chi connectivity index (χ1v) is 3.31. The first kappa shape index (κ1) is 15.9. The first-order valence-electron chi connectivity index (χ1n) is 3.31. The predicted molar refractivity (Wildman–Crippen MR) is 44.2 cm³/mol. The predicted octanol–water partition coefficient (Wildman–Crippen LogP) is -0.105. The lowest BCUT2D eigenvalue weighted by atomic mass is 10.5. The molecule has 0 saturated carbocycles. The Hall–Kier alpha value is -0.120. The van der Waals surface area contributed by atoms with E-state index >= 15 is 0 Å². The fourth-order valence-electron chi connectivity index (χ4n) is 0. The zero-order valence-electron chi connectivity index (χ0n) is 6.85. The maximum absolute atomic E-state index is 5.03. The lowest BCUT2D eigenvalue weighted by Crippen LogP contribution is -1.93. The summed E-state index contributed by atoms with van der Waals surface area (Å²) in [5.74, 6) is 0. The van der Waals surface area contributed by atoms with E-state index in [2.05, 4.69) is 12.7 Å². The van der Waals surface area contributed by atoms with Crippen molar-refractivity contribution in [3.63, 3.8) is 0 Å². The van der Waals surface area contributed by atoms with Crippen LogP contribution in [0, 0.1) is 0 Å². The third-order valence-corrected chi connectivity index (χ3v) is 0.289. The Balaban J connectivity index is -0.0000000646. The molecular weight excluding hydrogens is 114 g/mol. The van der Waals surface area contributed by atoms with Gasteiger partial charge in [-0.1, -0.05) is 13.8 Å². The minimum Gasteiger partial charge on any atom is -0.333 e. The topological polar surface area (TPSA) is 78.1 Å². The van der Waals surface area contributed by atoms with Gasteiger partial charge in [0.2, 0.25) is 0 Å². The molecule has 0 aromatic carbocycles. The molecule has 0 aromatic rings. The molecule has 0 heterocycles. The van der Waals surface area contributed by atoms with Crippen molar-refractivity contribution in [2.24, 2.45) is 17.2 Å². The van der Waals surface area contributed by atoms with E-state index in [1.165, 1.54) is 7.05 Å². The lowest BCUT2D eigenvalue weighted by Gasteiger charge is -1.70. The van der Waals surface area contributed by atoms with Gasteiger partial charge in [-0.2, -0.15) is 0 Å². The maximum atomic E-state index is 5.03. The summed E-state index contributed by atoms with van der Waals surface area (Å²) in [6.45, 7) is 5.53. The molecule has 0 aromatic heterocycles. The van der Waals surface area contributed by atoms with Crippen LogP contribution in [0.2, 0.25) is 0 Å². The van der Waals surface area contributed by atoms with E-state index in [1.807, 2.05) is 6.92 Å². The van der Waals surface area contributed by atoms with Gasteiger partial charge in [0.1, 0.15) is 0 Å². The molecule has 0 radical (unpaired) electrons. The van der Waals surface area contributed by atoms with Gasteiger partial charge in [0.15, 0.2) is 0 Å². The van der Waals surface area contributed by atoms with Gasteiger partial charge in [0, 0.05) is 0 Å². The number of hydrogen-bond donors (Lipinski definition) is 3. The van der Waals surface area contributed by atoms with Crippen LogP contribution in [0.4, 0.5) is 0 Å². The second kappa shape index (κ2) is 45.0. The molecule has 0 bridgehead atoms. The Labute approximate surface area is 58.6 Å². The quantitative estimate of drug-likeness (QED) is 0.469. The molecule has 0 unspecified atom stereocenters. The summed E-state index contributed by atoms with van der Waals surface area (Å²) < 4.78 is 0. The van der Waals surface area contributed by atoms with E-state index in [-0.39, 0.29) is 0 Å². The van der Waals surface area contributed by atoms with Gasteiger partial charge in [-0.3, -0.25) is 0 Å². The van der Waals surface area contributed by atoms with Crippen molar-refractivity contribution < 1.29 is 0 Å². The van der Waals surface area contributed by atoms with E-state index in [0.717, 1.165) is 19.5 Å². The van der Waals surface area contributed by atoms with Crippen LogP contribution < -0.4 is 17.2 Å². The van der Waals surface area contributed by atoms with Gasteiger partial charge in [-0.15, -0.1) is 0 Å². The Bertz CT molecular complexity index is 15.8. The van der Waals surface area contributed by atoms with Crippen molar-refractivity contribution in [1.82, 2.24) is 0 Å². The molecule has 0 saturated heterocycles. The summed E-state index contributed by atoms with van der Waals surface area (Å²) in [6, 6.07) is 0. The lowest BCUT2D eigenvalue weighted by molar-refractivity contribution is 0.932. The van der Waals surface area contributed by atoms with Crippen molar-refractivity contribution in [2.45, 2.75) is 20.3 Å². The second-order valence-electron chi connectivity index (χ2n) is 1.20. The molecule has 0 aliphatic heterocycles. The van der Waals surface area contributed by atoms with Crippen LogP contribution in [0.15, 0.2) is 0 Å². The van der Waals surface area contributed by atoms with E-state index in [4.69, 9.17) is 11.5 Å². The highest BCUT2D eigenvalue weighted by Crippen LogP contribution is 1.57. The molecule has 0 rings (SSSR count). The van der Waals surface area contributed by atoms with Gasteiger partial charge in [-0.25, -0.2) is 0 Å². The molecule has 0 amide bonds. The smallest absolute Gasteiger partial charge is 0.00799 e. The van der Waals surface area contributed by atoms with Crippen LogP contribution in [0.5, 0.6) is 0 Å². The van der Waals surface area contributed by atoms with Crippen LogP contribution in [0.3, 0.4) is 0 Å². The van der Waals surface area contributed by atoms with Crippen molar-refractivity contribution in [3.8, 4) is 0 Å². The second-order valence-corrected chi connectivity index (χ2v) is 1.20. The maximum Gasteiger partial charge on any atom is -0.00799 e. The number of rotatable bonds is 1. The molecule has 0 atom stereocenters. The Morgan fingerprint density at radius 1 is 1.00 bits per heavy atom. The summed E-state index contributed by atoms with van der Waals surface area (Å²) in [4.78, 5) is 0. The van der Waals surface area contributed by atoms with Crippen LogP contribution in [-0.2, 0) is 0 Å². The summed E-state index contributed by atoms with van der Waals surface area (Å²) in [5, 5.41) is 0. The summed E-state index contributed by atoms with van der Waals surface area (Å²) >= 11 is 0. The highest BCUT2D eigenvalue weighted by molar-refractivity contribution is 4.19. The van der Waals surface area contributed by atoms with Crippen molar-refractivity contribution >= 4 is 0 Å². The van der Waals surface area contributed by atoms with Crippen molar-refractivity contribution in [2.75, 3.05) is 20.1 Å². The molecule has 0 aliphatic carbocycles. The number of hydrogen-bond acceptors (Lipinski definition) is 3. The standard InChI is InChI=1S/C3H9N.C2H7N.CH5N/c1-2-3-4;1-2-3;1-2/h2-4H2,1H3;2-3H2,1H3;2H2,1H3. The fourth-order valence-corrected chi connectivity index (χ4v) is 0. The third kappa shape index (κ3) is 352. The minimum absolute atomic E-state index is 0.750. The molecule has 0 spiro atoms. The van der Waals surface area contributed by atoms with Crippen molar-refractivity contribution in [3.05, 3.63) is 0 Å². The summed E-state index contributed by atoms with van der Waals surface area (Å²) in [7, 11) is 1.50. The molecule has 3 nitrogen and oxygen atoms in total. The van der Waals surface area contributed by atoms with Gasteiger partial charge in [0.05, 0.1) is 0 Å². The van der Waals surface area contributed by atoms with Crippen LogP contribution >= 0.6 is 0 Å². The van der Waals surface area contributed by atoms with E-state index < -0.39 is 0 Å². The highest BCUT2D eigenvalue weighted by Gasteiger charge is 1.55. The molecule has 0 fully saturated rings. The summed E-state index contributed by atoms with van der Waals surface area (Å²) in [6.07, 6.45) is 1.10.